The molecular formula is C21H25N3O2. The number of fused-ring (bicyclic) bond motifs is 2. The molecule has 0 spiro atoms. The predicted molar refractivity (Wildman–Crippen MR) is 99.6 cm³/mol. The molecule has 26 heavy (non-hydrogen) atoms. The fourth-order valence-corrected chi connectivity index (χ4v) is 5.00. The number of hydrogen-bond acceptors (Lipinski definition) is 4. The fourth-order valence-electron chi connectivity index (χ4n) is 5.00. The lowest BCUT2D eigenvalue weighted by Crippen LogP contribution is -2.48. The highest BCUT2D eigenvalue weighted by Gasteiger charge is 2.40. The van der Waals surface area contributed by atoms with E-state index in [1.807, 2.05) is 0 Å². The van der Waals surface area contributed by atoms with Crippen molar-refractivity contribution in [3.8, 4) is 6.07 Å². The van der Waals surface area contributed by atoms with Gasteiger partial charge >= 0.3 is 5.97 Å². The number of H-pyrrole nitrogens is 1. The van der Waals surface area contributed by atoms with Crippen LogP contribution in [0.2, 0.25) is 0 Å². The zero-order valence-corrected chi connectivity index (χ0v) is 15.4. The Morgan fingerprint density at radius 3 is 3.12 bits per heavy atom. The highest BCUT2D eigenvalue weighted by atomic mass is 16.5. The van der Waals surface area contributed by atoms with Gasteiger partial charge in [-0.15, -0.1) is 0 Å². The zero-order valence-electron chi connectivity index (χ0n) is 15.4. The Balaban J connectivity index is 1.59. The molecule has 0 bridgehead atoms. The van der Waals surface area contributed by atoms with Crippen molar-refractivity contribution < 1.29 is 9.53 Å². The maximum atomic E-state index is 12.0. The second-order valence-corrected chi connectivity index (χ2v) is 7.67. The monoisotopic (exact) mass is 351 g/mol. The van der Waals surface area contributed by atoms with Gasteiger partial charge in [-0.3, -0.25) is 4.79 Å². The van der Waals surface area contributed by atoms with Gasteiger partial charge in [0.05, 0.1) is 12.7 Å². The molecule has 0 radical (unpaired) electrons. The Morgan fingerprint density at radius 1 is 1.50 bits per heavy atom. The summed E-state index contributed by atoms with van der Waals surface area (Å²) in [5.74, 6) is -0.260. The molecule has 4 atom stereocenters. The number of benzene rings is 1. The molecule has 0 amide bonds. The molecule has 2 unspecified atom stereocenters. The average molecular weight is 351 g/mol. The first-order chi connectivity index (χ1) is 12.6. The molecule has 1 aromatic carbocycles. The number of esters is 1. The van der Waals surface area contributed by atoms with Crippen molar-refractivity contribution in [2.75, 3.05) is 20.2 Å². The summed E-state index contributed by atoms with van der Waals surface area (Å²) in [4.78, 5) is 17.9. The summed E-state index contributed by atoms with van der Waals surface area (Å²) in [5.41, 5.74) is 4.03. The molecule has 2 heterocycles. The van der Waals surface area contributed by atoms with Crippen molar-refractivity contribution in [2.45, 2.75) is 38.1 Å². The van der Waals surface area contributed by atoms with Crippen molar-refractivity contribution in [1.82, 2.24) is 9.88 Å². The molecule has 5 nitrogen and oxygen atoms in total. The third-order valence-corrected chi connectivity index (χ3v) is 6.11. The predicted octanol–water partition coefficient (Wildman–Crippen LogP) is 3.22. The number of nitrogens with zero attached hydrogens (tertiary/aromatic N) is 2. The molecule has 1 aliphatic carbocycles. The summed E-state index contributed by atoms with van der Waals surface area (Å²) in [6, 6.07) is 9.16. The largest absolute Gasteiger partial charge is 0.465 e. The summed E-state index contributed by atoms with van der Waals surface area (Å²) in [5, 5.41) is 10.8. The molecule has 0 saturated carbocycles. The van der Waals surface area contributed by atoms with E-state index in [0.717, 1.165) is 19.4 Å². The van der Waals surface area contributed by atoms with E-state index in [0.29, 0.717) is 30.9 Å². The van der Waals surface area contributed by atoms with Crippen LogP contribution in [0, 0.1) is 23.2 Å². The second kappa shape index (κ2) is 6.77. The molecular weight excluding hydrogens is 326 g/mol. The lowest BCUT2D eigenvalue weighted by atomic mass is 9.71. The van der Waals surface area contributed by atoms with Crippen molar-refractivity contribution in [3.05, 3.63) is 35.5 Å². The second-order valence-electron chi connectivity index (χ2n) is 7.67. The first-order valence-electron chi connectivity index (χ1n) is 9.47. The van der Waals surface area contributed by atoms with E-state index in [1.54, 1.807) is 6.92 Å². The third-order valence-electron chi connectivity index (χ3n) is 6.11. The Bertz CT molecular complexity index is 866. The molecule has 1 aromatic heterocycles. The minimum atomic E-state index is -0.660. The van der Waals surface area contributed by atoms with Crippen LogP contribution in [0.4, 0.5) is 0 Å². The van der Waals surface area contributed by atoms with Crippen LogP contribution < -0.4 is 0 Å². The molecule has 2 aromatic rings. The molecule has 136 valence electrons. The number of piperidine rings is 1. The summed E-state index contributed by atoms with van der Waals surface area (Å²) in [7, 11) is 2.17. The fraction of sp³-hybridized carbons (Fsp3) is 0.524. The van der Waals surface area contributed by atoms with Crippen molar-refractivity contribution in [2.24, 2.45) is 11.8 Å². The summed E-state index contributed by atoms with van der Waals surface area (Å²) >= 11 is 0. The highest BCUT2D eigenvalue weighted by molar-refractivity contribution is 5.88. The number of carbonyl (C=O) groups excluding carboxylic acids is 1. The molecule has 2 aliphatic rings. The van der Waals surface area contributed by atoms with E-state index in [2.05, 4.69) is 47.4 Å². The maximum Gasteiger partial charge on any atom is 0.323 e. The third kappa shape index (κ3) is 2.79. The number of rotatable bonds is 4. The minimum Gasteiger partial charge on any atom is -0.465 e. The van der Waals surface area contributed by atoms with Crippen LogP contribution in [-0.4, -0.2) is 42.1 Å². The first-order valence-corrected chi connectivity index (χ1v) is 9.47. The first kappa shape index (κ1) is 17.1. The van der Waals surface area contributed by atoms with E-state index >= 15 is 0 Å². The average Bonchev–Trinajstić information content (AvgIpc) is 3.05. The molecule has 5 heteroatoms. The van der Waals surface area contributed by atoms with Crippen LogP contribution in [0.1, 0.15) is 36.8 Å². The standard InChI is InChI=1S/C21H25N3O2/c1-3-26-21(25)14(10-22)7-13-8-17-16-5-4-6-18-20(16)15(11-23-18)9-19(17)24(2)12-13/h4-6,11,13-14,17,19,23H,3,7-9,12H2,1-2H3/t13-,14?,17?,19+/m0/s1. The van der Waals surface area contributed by atoms with Gasteiger partial charge < -0.3 is 14.6 Å². The van der Waals surface area contributed by atoms with Gasteiger partial charge in [0.2, 0.25) is 0 Å². The van der Waals surface area contributed by atoms with Gasteiger partial charge in [0, 0.05) is 35.6 Å². The van der Waals surface area contributed by atoms with Crippen LogP contribution in [-0.2, 0) is 16.0 Å². The van der Waals surface area contributed by atoms with Gasteiger partial charge in [-0.05, 0) is 56.3 Å². The maximum absolute atomic E-state index is 12.0. The van der Waals surface area contributed by atoms with E-state index in [4.69, 9.17) is 4.74 Å². The highest BCUT2D eigenvalue weighted by Crippen LogP contribution is 2.45. The van der Waals surface area contributed by atoms with Gasteiger partial charge in [0.15, 0.2) is 0 Å². The normalized spacial score (nSPS) is 26.1. The number of carbonyl (C=O) groups is 1. The van der Waals surface area contributed by atoms with Crippen LogP contribution >= 0.6 is 0 Å². The number of hydrogen-bond donors (Lipinski definition) is 1. The van der Waals surface area contributed by atoms with Crippen molar-refractivity contribution >= 4 is 16.9 Å². The number of likely N-dealkylation sites (N-methyl/N-ethyl adjacent to an activating group) is 1. The summed E-state index contributed by atoms with van der Waals surface area (Å²) in [6.45, 7) is 3.03. The van der Waals surface area contributed by atoms with E-state index in [9.17, 15) is 10.1 Å². The van der Waals surface area contributed by atoms with Gasteiger partial charge in [-0.25, -0.2) is 0 Å². The molecule has 1 aliphatic heterocycles. The Morgan fingerprint density at radius 2 is 2.35 bits per heavy atom. The molecule has 4 rings (SSSR count). The number of likely N-dealkylation sites (tertiary alicyclic amines) is 1. The molecule has 1 saturated heterocycles. The van der Waals surface area contributed by atoms with Gasteiger partial charge in [0.25, 0.3) is 0 Å². The molecule has 1 fully saturated rings. The van der Waals surface area contributed by atoms with Gasteiger partial charge in [-0.2, -0.15) is 5.26 Å². The quantitative estimate of drug-likeness (QED) is 0.859. The number of aromatic amines is 1. The van der Waals surface area contributed by atoms with Crippen molar-refractivity contribution in [3.63, 3.8) is 0 Å². The Hall–Kier alpha value is -2.32. The smallest absolute Gasteiger partial charge is 0.323 e. The van der Waals surface area contributed by atoms with Crippen LogP contribution in [0.25, 0.3) is 10.9 Å². The van der Waals surface area contributed by atoms with E-state index in [-0.39, 0.29) is 5.97 Å². The van der Waals surface area contributed by atoms with Crippen LogP contribution in [0.3, 0.4) is 0 Å². The number of aromatic nitrogens is 1. The van der Waals surface area contributed by atoms with E-state index in [1.165, 1.54) is 22.0 Å². The van der Waals surface area contributed by atoms with E-state index < -0.39 is 5.92 Å². The summed E-state index contributed by atoms with van der Waals surface area (Å²) < 4.78 is 5.07. The van der Waals surface area contributed by atoms with Crippen LogP contribution in [0.15, 0.2) is 24.4 Å². The number of nitrogens with one attached hydrogen (secondary N) is 1. The SMILES string of the molecule is CCOC(=O)C(C#N)C[C@H]1CC2c3cccc4[nH]cc(c34)C[C@H]2N(C)C1. The van der Waals surface area contributed by atoms with Crippen molar-refractivity contribution in [1.29, 1.82) is 5.26 Å². The topological polar surface area (TPSA) is 69.1 Å². The van der Waals surface area contributed by atoms with Crippen LogP contribution in [0.5, 0.6) is 0 Å². The Labute approximate surface area is 153 Å². The lowest BCUT2D eigenvalue weighted by molar-refractivity contribution is -0.146. The minimum absolute atomic E-state index is 0.324. The number of ether oxygens (including phenoxy) is 1. The van der Waals surface area contributed by atoms with Gasteiger partial charge in [0.1, 0.15) is 5.92 Å². The Kier molecular flexibility index (Phi) is 4.46. The molecule has 1 N–H and O–H groups in total. The lowest BCUT2D eigenvalue weighted by Gasteiger charge is -2.45. The number of nitriles is 1. The summed E-state index contributed by atoms with van der Waals surface area (Å²) in [6.07, 6.45) is 4.82. The zero-order chi connectivity index (χ0) is 18.3. The van der Waals surface area contributed by atoms with Gasteiger partial charge in [-0.1, -0.05) is 12.1 Å².